The Morgan fingerprint density at radius 1 is 1.62 bits per heavy atom. The predicted octanol–water partition coefficient (Wildman–Crippen LogP) is 1.23. The maximum Gasteiger partial charge on any atom is 0.0490 e. The van der Waals surface area contributed by atoms with Gasteiger partial charge in [-0.2, -0.15) is 5.10 Å². The maximum absolute atomic E-state index is 3.94. The molecule has 90 valence electrons. The van der Waals surface area contributed by atoms with Crippen LogP contribution in [0.3, 0.4) is 0 Å². The van der Waals surface area contributed by atoms with Crippen molar-refractivity contribution < 1.29 is 0 Å². The van der Waals surface area contributed by atoms with Crippen molar-refractivity contribution in [3.63, 3.8) is 0 Å². The summed E-state index contributed by atoms with van der Waals surface area (Å²) in [6.07, 6.45) is 4.42. The monoisotopic (exact) mass is 222 g/mol. The van der Waals surface area contributed by atoms with Crippen LogP contribution in [0.4, 0.5) is 0 Å². The van der Waals surface area contributed by atoms with Gasteiger partial charge in [-0.15, -0.1) is 0 Å². The minimum atomic E-state index is 0.828. The second-order valence-corrected chi connectivity index (χ2v) is 4.67. The zero-order chi connectivity index (χ0) is 11.2. The molecule has 0 aromatic carbocycles. The van der Waals surface area contributed by atoms with Crippen molar-refractivity contribution in [1.82, 2.24) is 20.4 Å². The van der Waals surface area contributed by atoms with Crippen molar-refractivity contribution in [2.24, 2.45) is 5.92 Å². The minimum absolute atomic E-state index is 0.828. The molecule has 1 unspecified atom stereocenters. The topological polar surface area (TPSA) is 44.0 Å². The molecule has 0 amide bonds. The van der Waals surface area contributed by atoms with Crippen LogP contribution < -0.4 is 5.32 Å². The van der Waals surface area contributed by atoms with Crippen molar-refractivity contribution in [2.45, 2.75) is 26.3 Å². The molecule has 1 saturated heterocycles. The summed E-state index contributed by atoms with van der Waals surface area (Å²) in [7, 11) is 0. The summed E-state index contributed by atoms with van der Waals surface area (Å²) in [6.45, 7) is 8.10. The van der Waals surface area contributed by atoms with Crippen LogP contribution in [0.25, 0.3) is 0 Å². The van der Waals surface area contributed by atoms with Crippen LogP contribution in [-0.4, -0.2) is 41.3 Å². The third-order valence-electron chi connectivity index (χ3n) is 3.22. The molecule has 2 heterocycles. The molecule has 1 fully saturated rings. The Bertz CT molecular complexity index is 283. The lowest BCUT2D eigenvalue weighted by molar-refractivity contribution is 0.322. The van der Waals surface area contributed by atoms with Gasteiger partial charge in [0, 0.05) is 25.0 Å². The van der Waals surface area contributed by atoms with Gasteiger partial charge in [0.15, 0.2) is 0 Å². The number of nitrogens with one attached hydrogen (secondary N) is 2. The highest BCUT2D eigenvalue weighted by Crippen LogP contribution is 2.15. The molecule has 16 heavy (non-hydrogen) atoms. The fourth-order valence-electron chi connectivity index (χ4n) is 2.39. The van der Waals surface area contributed by atoms with Gasteiger partial charge < -0.3 is 10.2 Å². The van der Waals surface area contributed by atoms with E-state index in [1.807, 2.05) is 6.07 Å². The van der Waals surface area contributed by atoms with E-state index in [1.165, 1.54) is 38.2 Å². The van der Waals surface area contributed by atoms with E-state index in [-0.39, 0.29) is 0 Å². The number of aromatic amines is 1. The van der Waals surface area contributed by atoms with E-state index in [9.17, 15) is 0 Å². The van der Waals surface area contributed by atoms with Gasteiger partial charge in [0.1, 0.15) is 0 Å². The number of aromatic nitrogens is 2. The first-order valence-corrected chi connectivity index (χ1v) is 6.30. The van der Waals surface area contributed by atoms with Crippen molar-refractivity contribution in [2.75, 3.05) is 26.2 Å². The van der Waals surface area contributed by atoms with Crippen molar-refractivity contribution in [3.05, 3.63) is 18.0 Å². The van der Waals surface area contributed by atoms with E-state index in [0.29, 0.717) is 0 Å². The molecule has 0 bridgehead atoms. The normalized spacial score (nSPS) is 21.7. The summed E-state index contributed by atoms with van der Waals surface area (Å²) < 4.78 is 0. The smallest absolute Gasteiger partial charge is 0.0490 e. The van der Waals surface area contributed by atoms with Gasteiger partial charge >= 0.3 is 0 Å². The second kappa shape index (κ2) is 6.01. The maximum atomic E-state index is 3.94. The van der Waals surface area contributed by atoms with Crippen molar-refractivity contribution in [1.29, 1.82) is 0 Å². The molecule has 2 N–H and O–H groups in total. The van der Waals surface area contributed by atoms with E-state index >= 15 is 0 Å². The average Bonchev–Trinajstić information content (AvgIpc) is 2.90. The van der Waals surface area contributed by atoms with Crippen LogP contribution in [-0.2, 0) is 6.54 Å². The molecule has 1 aromatic rings. The molecular weight excluding hydrogens is 200 g/mol. The molecule has 0 radical (unpaired) electrons. The first-order chi connectivity index (χ1) is 7.88. The molecule has 1 atom stereocenters. The summed E-state index contributed by atoms with van der Waals surface area (Å²) in [5.74, 6) is 0.828. The molecule has 2 rings (SSSR count). The Kier molecular flexibility index (Phi) is 4.36. The molecule has 0 spiro atoms. The van der Waals surface area contributed by atoms with Crippen molar-refractivity contribution >= 4 is 0 Å². The number of H-pyrrole nitrogens is 1. The molecule has 1 aliphatic heterocycles. The Labute approximate surface area is 97.4 Å². The highest BCUT2D eigenvalue weighted by Gasteiger charge is 2.20. The Hall–Kier alpha value is -0.870. The number of hydrogen-bond acceptors (Lipinski definition) is 3. The standard InChI is InChI=1S/C12H22N4/c1-2-6-16-7-4-11(10-16)8-13-9-12-3-5-14-15-12/h3,5,11,13H,2,4,6-10H2,1H3,(H,14,15). The summed E-state index contributed by atoms with van der Waals surface area (Å²) in [6, 6.07) is 2.02. The number of rotatable bonds is 6. The Morgan fingerprint density at radius 2 is 2.56 bits per heavy atom. The SMILES string of the molecule is CCCN1CCC(CNCc2ccn[nH]2)C1. The van der Waals surface area contributed by atoms with Gasteiger partial charge in [-0.05, 0) is 44.5 Å². The summed E-state index contributed by atoms with van der Waals surface area (Å²) >= 11 is 0. The third kappa shape index (κ3) is 3.32. The van der Waals surface area contributed by atoms with E-state index in [2.05, 4.69) is 27.3 Å². The van der Waals surface area contributed by atoms with Gasteiger partial charge in [0.05, 0.1) is 0 Å². The molecule has 4 nitrogen and oxygen atoms in total. The van der Waals surface area contributed by atoms with Crippen LogP contribution in [0.1, 0.15) is 25.5 Å². The van der Waals surface area contributed by atoms with Crippen molar-refractivity contribution in [3.8, 4) is 0 Å². The van der Waals surface area contributed by atoms with Crippen LogP contribution in [0, 0.1) is 5.92 Å². The summed E-state index contributed by atoms with van der Waals surface area (Å²) in [4.78, 5) is 2.57. The molecule has 1 aromatic heterocycles. The third-order valence-corrected chi connectivity index (χ3v) is 3.22. The first-order valence-electron chi connectivity index (χ1n) is 6.30. The fraction of sp³-hybridized carbons (Fsp3) is 0.750. The minimum Gasteiger partial charge on any atom is -0.311 e. The molecule has 4 heteroatoms. The van der Waals surface area contributed by atoms with Crippen LogP contribution in [0.2, 0.25) is 0 Å². The van der Waals surface area contributed by atoms with Gasteiger partial charge in [0.2, 0.25) is 0 Å². The number of hydrogen-bond donors (Lipinski definition) is 2. The number of nitrogens with zero attached hydrogens (tertiary/aromatic N) is 2. The van der Waals surface area contributed by atoms with E-state index in [4.69, 9.17) is 0 Å². The average molecular weight is 222 g/mol. The fourth-order valence-corrected chi connectivity index (χ4v) is 2.39. The zero-order valence-electron chi connectivity index (χ0n) is 10.1. The van der Waals surface area contributed by atoms with Crippen LogP contribution >= 0.6 is 0 Å². The Morgan fingerprint density at radius 3 is 3.31 bits per heavy atom. The first kappa shape index (κ1) is 11.6. The highest BCUT2D eigenvalue weighted by molar-refractivity contribution is 4.96. The van der Waals surface area contributed by atoms with Gasteiger partial charge in [-0.1, -0.05) is 6.92 Å². The lowest BCUT2D eigenvalue weighted by Crippen LogP contribution is -2.26. The largest absolute Gasteiger partial charge is 0.311 e. The van der Waals surface area contributed by atoms with Crippen LogP contribution in [0.5, 0.6) is 0 Å². The van der Waals surface area contributed by atoms with E-state index in [0.717, 1.165) is 19.0 Å². The Balaban J connectivity index is 1.60. The molecule has 0 saturated carbocycles. The van der Waals surface area contributed by atoms with Gasteiger partial charge in [0.25, 0.3) is 0 Å². The summed E-state index contributed by atoms with van der Waals surface area (Å²) in [5, 5.41) is 10.4. The number of likely N-dealkylation sites (tertiary alicyclic amines) is 1. The molecule has 1 aliphatic rings. The molecular formula is C12H22N4. The lowest BCUT2D eigenvalue weighted by atomic mass is 10.1. The molecule has 0 aliphatic carbocycles. The van der Waals surface area contributed by atoms with Crippen LogP contribution in [0.15, 0.2) is 12.3 Å². The van der Waals surface area contributed by atoms with Gasteiger partial charge in [-0.3, -0.25) is 5.10 Å². The zero-order valence-corrected chi connectivity index (χ0v) is 10.1. The lowest BCUT2D eigenvalue weighted by Gasteiger charge is -2.14. The van der Waals surface area contributed by atoms with E-state index in [1.54, 1.807) is 6.20 Å². The quantitative estimate of drug-likeness (QED) is 0.761. The van der Waals surface area contributed by atoms with Gasteiger partial charge in [-0.25, -0.2) is 0 Å². The second-order valence-electron chi connectivity index (χ2n) is 4.67. The highest BCUT2D eigenvalue weighted by atomic mass is 15.1. The van der Waals surface area contributed by atoms with E-state index < -0.39 is 0 Å². The predicted molar refractivity (Wildman–Crippen MR) is 65.1 cm³/mol. The summed E-state index contributed by atoms with van der Waals surface area (Å²) in [5.41, 5.74) is 1.17.